The molecule has 1 aliphatic rings. The Morgan fingerprint density at radius 3 is 2.64 bits per heavy atom. The van der Waals surface area contributed by atoms with E-state index in [2.05, 4.69) is 15.7 Å². The Kier molecular flexibility index (Phi) is 6.51. The molecule has 1 aliphatic carbocycles. The first kappa shape index (κ1) is 18.4. The predicted molar refractivity (Wildman–Crippen MR) is 103 cm³/mol. The average Bonchev–Trinajstić information content (AvgIpc) is 3.03. The molecule has 1 atom stereocenters. The Balaban J connectivity index is 1.48. The Morgan fingerprint density at radius 1 is 1.32 bits per heavy atom. The van der Waals surface area contributed by atoms with Crippen molar-refractivity contribution in [3.8, 4) is 0 Å². The molecule has 0 bridgehead atoms. The fourth-order valence-electron chi connectivity index (χ4n) is 3.18. The van der Waals surface area contributed by atoms with Crippen molar-refractivity contribution in [1.82, 2.24) is 10.3 Å². The summed E-state index contributed by atoms with van der Waals surface area (Å²) in [4.78, 5) is 17.1. The van der Waals surface area contributed by atoms with Crippen molar-refractivity contribution in [2.45, 2.75) is 54.2 Å². The number of benzene rings is 1. The Hall–Kier alpha value is -1.37. The zero-order chi connectivity index (χ0) is 17.6. The van der Waals surface area contributed by atoms with Crippen molar-refractivity contribution < 1.29 is 9.90 Å². The zero-order valence-corrected chi connectivity index (χ0v) is 16.0. The minimum absolute atomic E-state index is 0.0691. The molecule has 1 fully saturated rings. The standard InChI is InChI=1S/C19H24N2O2S2/c1-13-12-24-19(20-13)25-16-9-7-15(8-10-16)21-18(23)17(11-22)14-5-3-2-4-6-14/h2-6,12,15-17,22H,7-11H2,1H3,(H,21,23). The summed E-state index contributed by atoms with van der Waals surface area (Å²) < 4.78 is 1.15. The van der Waals surface area contributed by atoms with Crippen LogP contribution in [0.2, 0.25) is 0 Å². The zero-order valence-electron chi connectivity index (χ0n) is 14.4. The van der Waals surface area contributed by atoms with E-state index in [1.54, 1.807) is 11.3 Å². The van der Waals surface area contributed by atoms with Crippen LogP contribution < -0.4 is 5.32 Å². The minimum atomic E-state index is -0.480. The first-order valence-electron chi connectivity index (χ1n) is 8.70. The van der Waals surface area contributed by atoms with Gasteiger partial charge in [0.15, 0.2) is 0 Å². The van der Waals surface area contributed by atoms with E-state index in [9.17, 15) is 9.90 Å². The van der Waals surface area contributed by atoms with Crippen molar-refractivity contribution in [2.75, 3.05) is 6.61 Å². The molecular weight excluding hydrogens is 352 g/mol. The molecule has 2 N–H and O–H groups in total. The number of rotatable bonds is 6. The Bertz CT molecular complexity index is 682. The summed E-state index contributed by atoms with van der Waals surface area (Å²) in [5.74, 6) is -0.549. The molecule has 0 spiro atoms. The summed E-state index contributed by atoms with van der Waals surface area (Å²) in [7, 11) is 0. The molecule has 1 aromatic carbocycles. The maximum Gasteiger partial charge on any atom is 0.230 e. The second kappa shape index (κ2) is 8.83. The van der Waals surface area contributed by atoms with Crippen LogP contribution in [0.5, 0.6) is 0 Å². The van der Waals surface area contributed by atoms with Gasteiger partial charge in [0.1, 0.15) is 4.34 Å². The molecule has 1 unspecified atom stereocenters. The monoisotopic (exact) mass is 376 g/mol. The third-order valence-electron chi connectivity index (χ3n) is 4.59. The number of nitrogens with one attached hydrogen (secondary N) is 1. The maximum absolute atomic E-state index is 12.5. The van der Waals surface area contributed by atoms with Crippen LogP contribution in [0.1, 0.15) is 42.9 Å². The summed E-state index contributed by atoms with van der Waals surface area (Å²) in [6.07, 6.45) is 4.15. The molecular formula is C19H24N2O2S2. The van der Waals surface area contributed by atoms with E-state index in [1.165, 1.54) is 0 Å². The van der Waals surface area contributed by atoms with Crippen LogP contribution in [0.3, 0.4) is 0 Å². The molecule has 1 aromatic heterocycles. The number of nitrogens with zero attached hydrogens (tertiary/aromatic N) is 1. The van der Waals surface area contributed by atoms with Gasteiger partial charge in [-0.15, -0.1) is 11.3 Å². The molecule has 0 aliphatic heterocycles. The van der Waals surface area contributed by atoms with Gasteiger partial charge in [0, 0.05) is 22.4 Å². The van der Waals surface area contributed by atoms with Crippen LogP contribution in [0.25, 0.3) is 0 Å². The number of aliphatic hydroxyl groups excluding tert-OH is 1. The number of amides is 1. The Morgan fingerprint density at radius 2 is 2.04 bits per heavy atom. The topological polar surface area (TPSA) is 62.2 Å². The lowest BCUT2D eigenvalue weighted by Gasteiger charge is -2.29. The highest BCUT2D eigenvalue weighted by atomic mass is 32.2. The van der Waals surface area contributed by atoms with E-state index < -0.39 is 5.92 Å². The lowest BCUT2D eigenvalue weighted by Crippen LogP contribution is -2.41. The van der Waals surface area contributed by atoms with Gasteiger partial charge in [-0.05, 0) is 38.2 Å². The quantitative estimate of drug-likeness (QED) is 0.806. The number of hydrogen-bond donors (Lipinski definition) is 2. The SMILES string of the molecule is Cc1csc(SC2CCC(NC(=O)C(CO)c3ccccc3)CC2)n1. The van der Waals surface area contributed by atoms with Crippen molar-refractivity contribution in [1.29, 1.82) is 0 Å². The van der Waals surface area contributed by atoms with Gasteiger partial charge in [-0.1, -0.05) is 42.1 Å². The predicted octanol–water partition coefficient (Wildman–Crippen LogP) is 3.75. The van der Waals surface area contributed by atoms with Crippen molar-refractivity contribution >= 4 is 29.0 Å². The van der Waals surface area contributed by atoms with Crippen LogP contribution >= 0.6 is 23.1 Å². The number of carbonyl (C=O) groups is 1. The molecule has 4 nitrogen and oxygen atoms in total. The van der Waals surface area contributed by atoms with Crippen molar-refractivity contribution in [3.63, 3.8) is 0 Å². The number of aliphatic hydroxyl groups is 1. The van der Waals surface area contributed by atoms with Crippen molar-refractivity contribution in [3.05, 3.63) is 47.0 Å². The largest absolute Gasteiger partial charge is 0.395 e. The minimum Gasteiger partial charge on any atom is -0.395 e. The number of aromatic nitrogens is 1. The third-order valence-corrected chi connectivity index (χ3v) is 7.01. The van der Waals surface area contributed by atoms with E-state index in [0.29, 0.717) is 5.25 Å². The second-order valence-electron chi connectivity index (χ2n) is 6.50. The van der Waals surface area contributed by atoms with Crippen molar-refractivity contribution in [2.24, 2.45) is 0 Å². The van der Waals surface area contributed by atoms with Crippen LogP contribution in [-0.2, 0) is 4.79 Å². The van der Waals surface area contributed by atoms with Gasteiger partial charge in [-0.25, -0.2) is 4.98 Å². The molecule has 0 radical (unpaired) electrons. The molecule has 1 heterocycles. The summed E-state index contributed by atoms with van der Waals surface area (Å²) in [5, 5.41) is 15.4. The van der Waals surface area contributed by atoms with Gasteiger partial charge in [-0.2, -0.15) is 0 Å². The fourth-order valence-corrected chi connectivity index (χ4v) is 5.47. The first-order valence-corrected chi connectivity index (χ1v) is 10.5. The number of thiazole rings is 1. The van der Waals surface area contributed by atoms with Gasteiger partial charge in [-0.3, -0.25) is 4.79 Å². The van der Waals surface area contributed by atoms with E-state index in [4.69, 9.17) is 0 Å². The normalized spacial score (nSPS) is 21.7. The molecule has 134 valence electrons. The molecule has 0 saturated heterocycles. The van der Waals surface area contributed by atoms with Crippen LogP contribution in [0.4, 0.5) is 0 Å². The fraction of sp³-hybridized carbons (Fsp3) is 0.474. The van der Waals surface area contributed by atoms with E-state index >= 15 is 0 Å². The molecule has 2 aromatic rings. The summed E-state index contributed by atoms with van der Waals surface area (Å²) >= 11 is 3.58. The molecule has 1 saturated carbocycles. The van der Waals surface area contributed by atoms with Gasteiger partial charge in [0.2, 0.25) is 5.91 Å². The molecule has 6 heteroatoms. The van der Waals surface area contributed by atoms with Gasteiger partial charge >= 0.3 is 0 Å². The maximum atomic E-state index is 12.5. The molecule has 3 rings (SSSR count). The number of aryl methyl sites for hydroxylation is 1. The first-order chi connectivity index (χ1) is 12.2. The van der Waals surface area contributed by atoms with Crippen LogP contribution in [0, 0.1) is 6.92 Å². The smallest absolute Gasteiger partial charge is 0.230 e. The summed E-state index contributed by atoms with van der Waals surface area (Å²) in [5.41, 5.74) is 1.95. The molecule has 25 heavy (non-hydrogen) atoms. The average molecular weight is 377 g/mol. The van der Waals surface area contributed by atoms with E-state index in [0.717, 1.165) is 41.3 Å². The Labute approximate surface area is 157 Å². The highest BCUT2D eigenvalue weighted by Gasteiger charge is 2.27. The third kappa shape index (κ3) is 5.06. The summed E-state index contributed by atoms with van der Waals surface area (Å²) in [6.45, 7) is 1.86. The highest BCUT2D eigenvalue weighted by Crippen LogP contribution is 2.35. The van der Waals surface area contributed by atoms with Crippen LogP contribution in [-0.4, -0.2) is 33.9 Å². The highest BCUT2D eigenvalue weighted by molar-refractivity contribution is 8.01. The lowest BCUT2D eigenvalue weighted by atomic mass is 9.93. The number of carbonyl (C=O) groups excluding carboxylic acids is 1. The number of thioether (sulfide) groups is 1. The second-order valence-corrected chi connectivity index (χ2v) is 8.91. The van der Waals surface area contributed by atoms with Crippen LogP contribution in [0.15, 0.2) is 40.1 Å². The molecule has 1 amide bonds. The van der Waals surface area contributed by atoms with E-state index in [-0.39, 0.29) is 18.6 Å². The lowest BCUT2D eigenvalue weighted by molar-refractivity contribution is -0.124. The van der Waals surface area contributed by atoms with Gasteiger partial charge in [0.05, 0.1) is 12.5 Å². The van der Waals surface area contributed by atoms with Gasteiger partial charge in [0.25, 0.3) is 0 Å². The summed E-state index contributed by atoms with van der Waals surface area (Å²) in [6, 6.07) is 9.70. The van der Waals surface area contributed by atoms with Gasteiger partial charge < -0.3 is 10.4 Å². The number of hydrogen-bond acceptors (Lipinski definition) is 5. The van der Waals surface area contributed by atoms with E-state index in [1.807, 2.05) is 49.0 Å².